The fourth-order valence-electron chi connectivity index (χ4n) is 2.67. The molecule has 0 bridgehead atoms. The summed E-state index contributed by atoms with van der Waals surface area (Å²) < 4.78 is 6.52. The molecule has 148 valence electrons. The van der Waals surface area contributed by atoms with Crippen LogP contribution in [0.5, 0.6) is 0 Å². The number of nitrogens with zero attached hydrogens (tertiary/aromatic N) is 3. The molecule has 29 heavy (non-hydrogen) atoms. The zero-order valence-corrected chi connectivity index (χ0v) is 15.6. The number of anilines is 1. The molecule has 0 spiro atoms. The SMILES string of the molecule is CCOC(=O)c1cc(C(=O)Nc2cnn(Cc3ccccc3)c2)cc([N+](=O)[O-])c1. The Balaban J connectivity index is 1.78. The first kappa shape index (κ1) is 19.7. The molecule has 1 heterocycles. The molecule has 0 radical (unpaired) electrons. The number of esters is 1. The molecule has 0 saturated carbocycles. The molecule has 0 aliphatic heterocycles. The van der Waals surface area contributed by atoms with Gasteiger partial charge in [0.25, 0.3) is 11.6 Å². The zero-order chi connectivity index (χ0) is 20.8. The van der Waals surface area contributed by atoms with Gasteiger partial charge in [-0.1, -0.05) is 30.3 Å². The number of aromatic nitrogens is 2. The van der Waals surface area contributed by atoms with Crippen molar-refractivity contribution in [3.8, 4) is 0 Å². The van der Waals surface area contributed by atoms with Gasteiger partial charge in [0.2, 0.25) is 0 Å². The molecular formula is C20H18N4O5. The van der Waals surface area contributed by atoms with E-state index in [0.29, 0.717) is 12.2 Å². The topological polar surface area (TPSA) is 116 Å². The summed E-state index contributed by atoms with van der Waals surface area (Å²) in [5, 5.41) is 18.0. The van der Waals surface area contributed by atoms with Crippen LogP contribution in [0.1, 0.15) is 33.2 Å². The van der Waals surface area contributed by atoms with Crippen molar-refractivity contribution >= 4 is 23.3 Å². The lowest BCUT2D eigenvalue weighted by Crippen LogP contribution is -2.14. The predicted octanol–water partition coefficient (Wildman–Crippen LogP) is 3.27. The van der Waals surface area contributed by atoms with Gasteiger partial charge in [-0.05, 0) is 18.6 Å². The van der Waals surface area contributed by atoms with Crippen LogP contribution in [0, 0.1) is 10.1 Å². The Morgan fingerprint density at radius 2 is 1.90 bits per heavy atom. The highest BCUT2D eigenvalue weighted by Gasteiger charge is 2.19. The number of ether oxygens (including phenoxy) is 1. The minimum atomic E-state index is -0.735. The van der Waals surface area contributed by atoms with Crippen LogP contribution in [-0.2, 0) is 11.3 Å². The van der Waals surface area contributed by atoms with Gasteiger partial charge in [0, 0.05) is 23.9 Å². The number of hydrogen-bond donors (Lipinski definition) is 1. The van der Waals surface area contributed by atoms with E-state index in [4.69, 9.17) is 4.74 Å². The number of carbonyl (C=O) groups excluding carboxylic acids is 2. The summed E-state index contributed by atoms with van der Waals surface area (Å²) in [7, 11) is 0. The molecule has 1 amide bonds. The third-order valence-electron chi connectivity index (χ3n) is 3.98. The number of hydrogen-bond acceptors (Lipinski definition) is 6. The summed E-state index contributed by atoms with van der Waals surface area (Å²) in [5.41, 5.74) is 1.01. The second kappa shape index (κ2) is 8.79. The van der Waals surface area contributed by atoms with Gasteiger partial charge in [0.05, 0.1) is 35.5 Å². The van der Waals surface area contributed by atoms with Crippen molar-refractivity contribution in [3.05, 3.63) is 87.7 Å². The first-order valence-electron chi connectivity index (χ1n) is 8.80. The molecule has 0 aliphatic rings. The van der Waals surface area contributed by atoms with Crippen LogP contribution in [0.15, 0.2) is 60.9 Å². The second-order valence-electron chi connectivity index (χ2n) is 6.11. The molecule has 3 aromatic rings. The van der Waals surface area contributed by atoms with Crippen molar-refractivity contribution < 1.29 is 19.2 Å². The van der Waals surface area contributed by atoms with Gasteiger partial charge in [-0.2, -0.15) is 5.10 Å². The van der Waals surface area contributed by atoms with Crippen molar-refractivity contribution in [1.82, 2.24) is 9.78 Å². The lowest BCUT2D eigenvalue weighted by atomic mass is 10.1. The minimum Gasteiger partial charge on any atom is -0.462 e. The third kappa shape index (κ3) is 5.04. The third-order valence-corrected chi connectivity index (χ3v) is 3.98. The normalized spacial score (nSPS) is 10.4. The van der Waals surface area contributed by atoms with Gasteiger partial charge in [-0.3, -0.25) is 19.6 Å². The zero-order valence-electron chi connectivity index (χ0n) is 15.6. The molecule has 3 rings (SSSR count). The Morgan fingerprint density at radius 3 is 2.59 bits per heavy atom. The number of rotatable bonds is 7. The van der Waals surface area contributed by atoms with Crippen LogP contribution in [0.25, 0.3) is 0 Å². The molecular weight excluding hydrogens is 376 g/mol. The smallest absolute Gasteiger partial charge is 0.338 e. The van der Waals surface area contributed by atoms with Crippen molar-refractivity contribution in [3.63, 3.8) is 0 Å². The summed E-state index contributed by atoms with van der Waals surface area (Å²) in [4.78, 5) is 35.0. The van der Waals surface area contributed by atoms with E-state index < -0.39 is 16.8 Å². The maximum atomic E-state index is 12.6. The Hall–Kier alpha value is -4.01. The van der Waals surface area contributed by atoms with Gasteiger partial charge in [-0.25, -0.2) is 4.79 Å². The van der Waals surface area contributed by atoms with Crippen LogP contribution in [0.2, 0.25) is 0 Å². The van der Waals surface area contributed by atoms with E-state index in [1.165, 1.54) is 12.3 Å². The molecule has 0 aliphatic carbocycles. The quantitative estimate of drug-likeness (QED) is 0.373. The number of carbonyl (C=O) groups is 2. The highest BCUT2D eigenvalue weighted by Crippen LogP contribution is 2.19. The molecule has 0 fully saturated rings. The summed E-state index contributed by atoms with van der Waals surface area (Å²) in [6, 6.07) is 13.1. The molecule has 0 saturated heterocycles. The summed E-state index contributed by atoms with van der Waals surface area (Å²) in [6.07, 6.45) is 3.12. The van der Waals surface area contributed by atoms with E-state index in [1.54, 1.807) is 17.8 Å². The van der Waals surface area contributed by atoms with Crippen molar-refractivity contribution in [2.24, 2.45) is 0 Å². The summed E-state index contributed by atoms with van der Waals surface area (Å²) in [6.45, 7) is 2.26. The number of amides is 1. The van der Waals surface area contributed by atoms with Gasteiger partial charge in [-0.15, -0.1) is 0 Å². The largest absolute Gasteiger partial charge is 0.462 e. The number of nitro benzene ring substituents is 1. The van der Waals surface area contributed by atoms with Gasteiger partial charge >= 0.3 is 5.97 Å². The van der Waals surface area contributed by atoms with E-state index in [0.717, 1.165) is 17.7 Å². The molecule has 9 heteroatoms. The predicted molar refractivity (Wildman–Crippen MR) is 105 cm³/mol. The van der Waals surface area contributed by atoms with Crippen LogP contribution >= 0.6 is 0 Å². The average molecular weight is 394 g/mol. The molecule has 0 atom stereocenters. The van der Waals surface area contributed by atoms with Crippen molar-refractivity contribution in [2.75, 3.05) is 11.9 Å². The second-order valence-corrected chi connectivity index (χ2v) is 6.11. The van der Waals surface area contributed by atoms with Crippen LogP contribution < -0.4 is 5.32 Å². The van der Waals surface area contributed by atoms with Crippen molar-refractivity contribution in [1.29, 1.82) is 0 Å². The van der Waals surface area contributed by atoms with Crippen LogP contribution in [-0.4, -0.2) is 33.2 Å². The van der Waals surface area contributed by atoms with E-state index >= 15 is 0 Å². The number of nitrogens with one attached hydrogen (secondary N) is 1. The standard InChI is InChI=1S/C20H18N4O5/c1-2-29-20(26)16-8-15(9-18(10-16)24(27)28)19(25)22-17-11-21-23(13-17)12-14-6-4-3-5-7-14/h3-11,13H,2,12H2,1H3,(H,22,25). The maximum Gasteiger partial charge on any atom is 0.338 e. The van der Waals surface area contributed by atoms with Gasteiger partial charge in [0.15, 0.2) is 0 Å². The summed E-state index contributed by atoms with van der Waals surface area (Å²) >= 11 is 0. The van der Waals surface area contributed by atoms with E-state index in [1.807, 2.05) is 30.3 Å². The minimum absolute atomic E-state index is 0.0296. The molecule has 9 nitrogen and oxygen atoms in total. The monoisotopic (exact) mass is 394 g/mol. The number of benzene rings is 2. The summed E-state index contributed by atoms with van der Waals surface area (Å²) in [5.74, 6) is -1.33. The fraction of sp³-hybridized carbons (Fsp3) is 0.150. The highest BCUT2D eigenvalue weighted by atomic mass is 16.6. The highest BCUT2D eigenvalue weighted by molar-refractivity contribution is 6.06. The maximum absolute atomic E-state index is 12.6. The van der Waals surface area contributed by atoms with E-state index in [9.17, 15) is 19.7 Å². The number of non-ortho nitro benzene ring substituents is 1. The number of nitro groups is 1. The first-order chi connectivity index (χ1) is 14.0. The average Bonchev–Trinajstić information content (AvgIpc) is 3.15. The van der Waals surface area contributed by atoms with E-state index in [2.05, 4.69) is 10.4 Å². The van der Waals surface area contributed by atoms with Crippen LogP contribution in [0.3, 0.4) is 0 Å². The van der Waals surface area contributed by atoms with Crippen LogP contribution in [0.4, 0.5) is 11.4 Å². The Bertz CT molecular complexity index is 1050. The Labute approximate surface area is 166 Å². The Kier molecular flexibility index (Phi) is 5.98. The van der Waals surface area contributed by atoms with Gasteiger partial charge < -0.3 is 10.1 Å². The lowest BCUT2D eigenvalue weighted by molar-refractivity contribution is -0.384. The molecule has 1 aromatic heterocycles. The molecule has 2 aromatic carbocycles. The van der Waals surface area contributed by atoms with Crippen molar-refractivity contribution in [2.45, 2.75) is 13.5 Å². The van der Waals surface area contributed by atoms with E-state index in [-0.39, 0.29) is 23.4 Å². The lowest BCUT2D eigenvalue weighted by Gasteiger charge is -2.06. The molecule has 0 unspecified atom stereocenters. The van der Waals surface area contributed by atoms with Gasteiger partial charge in [0.1, 0.15) is 0 Å². The first-order valence-corrected chi connectivity index (χ1v) is 8.80. The fourth-order valence-corrected chi connectivity index (χ4v) is 2.67. The molecule has 1 N–H and O–H groups in total. The Morgan fingerprint density at radius 1 is 1.17 bits per heavy atom.